The minimum Gasteiger partial charge on any atom is -0.431 e. The monoisotopic (exact) mass is 170 g/mol. The molecule has 0 aromatic carbocycles. The molecule has 0 N–H and O–H groups in total. The van der Waals surface area contributed by atoms with Crippen molar-refractivity contribution in [2.75, 3.05) is 0 Å². The van der Waals surface area contributed by atoms with Crippen LogP contribution in [-0.2, 0) is 14.3 Å². The Morgan fingerprint density at radius 2 is 1.83 bits per heavy atom. The van der Waals surface area contributed by atoms with Gasteiger partial charge in [0.05, 0.1) is 0 Å². The molecule has 0 aromatic heterocycles. The molecule has 1 aliphatic heterocycles. The zero-order chi connectivity index (χ0) is 8.82. The fourth-order valence-electron chi connectivity index (χ4n) is 1.94. The molecule has 12 heavy (non-hydrogen) atoms. The van der Waals surface area contributed by atoms with Crippen LogP contribution < -0.4 is 0 Å². The second kappa shape index (κ2) is 2.22. The van der Waals surface area contributed by atoms with Gasteiger partial charge < -0.3 is 9.47 Å². The summed E-state index contributed by atoms with van der Waals surface area (Å²) in [5.74, 6) is -0.773. The quantitative estimate of drug-likeness (QED) is 0.518. The van der Waals surface area contributed by atoms with Crippen LogP contribution in [0.2, 0.25) is 0 Å². The predicted octanol–water partition coefficient (Wildman–Crippen LogP) is 1.61. The molecule has 2 fully saturated rings. The second-order valence-corrected chi connectivity index (χ2v) is 4.12. The molecule has 0 aromatic rings. The van der Waals surface area contributed by atoms with Crippen LogP contribution in [0.3, 0.4) is 0 Å². The molecule has 68 valence electrons. The zero-order valence-electron chi connectivity index (χ0n) is 7.55. The van der Waals surface area contributed by atoms with E-state index in [0.29, 0.717) is 0 Å². The molecule has 3 nitrogen and oxygen atoms in total. The van der Waals surface area contributed by atoms with Crippen molar-refractivity contribution >= 4 is 5.97 Å². The molecule has 1 aliphatic carbocycles. The van der Waals surface area contributed by atoms with E-state index >= 15 is 0 Å². The molecule has 1 saturated heterocycles. The van der Waals surface area contributed by atoms with E-state index in [2.05, 4.69) is 0 Å². The molecule has 3 heteroatoms. The van der Waals surface area contributed by atoms with E-state index < -0.39 is 11.4 Å². The highest BCUT2D eigenvalue weighted by Gasteiger charge is 2.53. The van der Waals surface area contributed by atoms with E-state index in [4.69, 9.17) is 9.47 Å². The fourth-order valence-corrected chi connectivity index (χ4v) is 1.94. The minimum atomic E-state index is -0.732. The summed E-state index contributed by atoms with van der Waals surface area (Å²) in [5.41, 5.74) is -0.732. The largest absolute Gasteiger partial charge is 0.431 e. The normalized spacial score (nSPS) is 31.0. The maximum Gasteiger partial charge on any atom is 0.340 e. The summed E-state index contributed by atoms with van der Waals surface area (Å²) < 4.78 is 10.9. The number of esters is 1. The van der Waals surface area contributed by atoms with Gasteiger partial charge in [-0.3, -0.25) is 0 Å². The van der Waals surface area contributed by atoms with E-state index in [9.17, 15) is 4.79 Å². The van der Waals surface area contributed by atoms with Gasteiger partial charge >= 0.3 is 5.97 Å². The summed E-state index contributed by atoms with van der Waals surface area (Å²) in [4.78, 5) is 11.3. The van der Waals surface area contributed by atoms with E-state index in [0.717, 1.165) is 25.7 Å². The first-order valence-corrected chi connectivity index (χ1v) is 4.48. The first kappa shape index (κ1) is 8.05. The number of rotatable bonds is 0. The van der Waals surface area contributed by atoms with Gasteiger partial charge in [0.15, 0.2) is 5.60 Å². The Balaban J connectivity index is 2.19. The lowest BCUT2D eigenvalue weighted by Crippen LogP contribution is -2.31. The number of carbonyl (C=O) groups is 1. The van der Waals surface area contributed by atoms with Gasteiger partial charge in [0.1, 0.15) is 0 Å². The lowest BCUT2D eigenvalue weighted by Gasteiger charge is -2.21. The van der Waals surface area contributed by atoms with Crippen molar-refractivity contribution in [3.8, 4) is 0 Å². The van der Waals surface area contributed by atoms with Gasteiger partial charge in [-0.25, -0.2) is 4.79 Å². The first-order chi connectivity index (χ1) is 5.54. The Bertz CT molecular complexity index is 214. The summed E-state index contributed by atoms with van der Waals surface area (Å²) in [6, 6.07) is 0. The van der Waals surface area contributed by atoms with Gasteiger partial charge in [-0.15, -0.1) is 0 Å². The van der Waals surface area contributed by atoms with Crippen LogP contribution in [0, 0.1) is 0 Å². The van der Waals surface area contributed by atoms with Crippen molar-refractivity contribution in [3.63, 3.8) is 0 Å². The van der Waals surface area contributed by atoms with Crippen molar-refractivity contribution in [3.05, 3.63) is 0 Å². The standard InChI is InChI=1S/C9H14O3/c1-8(2)7(10)11-9(12-8)5-3-4-6-9/h3-6H2,1-2H3. The van der Waals surface area contributed by atoms with Crippen molar-refractivity contribution < 1.29 is 14.3 Å². The van der Waals surface area contributed by atoms with E-state index in [-0.39, 0.29) is 5.97 Å². The molecule has 0 amide bonds. The zero-order valence-corrected chi connectivity index (χ0v) is 7.55. The Kier molecular flexibility index (Phi) is 1.49. The summed E-state index contributed by atoms with van der Waals surface area (Å²) in [5, 5.41) is 0. The number of hydrogen-bond acceptors (Lipinski definition) is 3. The first-order valence-electron chi connectivity index (χ1n) is 4.48. The van der Waals surface area contributed by atoms with Gasteiger partial charge in [-0.2, -0.15) is 0 Å². The molecular formula is C9H14O3. The van der Waals surface area contributed by atoms with Gasteiger partial charge in [0, 0.05) is 12.8 Å². The highest BCUT2D eigenvalue weighted by atomic mass is 16.8. The minimum absolute atomic E-state index is 0.218. The van der Waals surface area contributed by atoms with Crippen molar-refractivity contribution in [2.45, 2.75) is 50.9 Å². The fraction of sp³-hybridized carbons (Fsp3) is 0.889. The van der Waals surface area contributed by atoms with E-state index in [1.807, 2.05) is 0 Å². The molecule has 2 aliphatic rings. The predicted molar refractivity (Wildman–Crippen MR) is 42.5 cm³/mol. The van der Waals surface area contributed by atoms with E-state index in [1.54, 1.807) is 13.8 Å². The van der Waals surface area contributed by atoms with Crippen LogP contribution >= 0.6 is 0 Å². The molecule has 1 saturated carbocycles. The van der Waals surface area contributed by atoms with Crippen LogP contribution in [0.25, 0.3) is 0 Å². The maximum atomic E-state index is 11.3. The number of carbonyl (C=O) groups excluding carboxylic acids is 1. The summed E-state index contributed by atoms with van der Waals surface area (Å²) in [6.45, 7) is 3.53. The molecule has 0 atom stereocenters. The molecule has 1 heterocycles. The second-order valence-electron chi connectivity index (χ2n) is 4.12. The van der Waals surface area contributed by atoms with E-state index in [1.165, 1.54) is 0 Å². The third kappa shape index (κ3) is 1.04. The Hall–Kier alpha value is -0.570. The Morgan fingerprint density at radius 1 is 1.25 bits per heavy atom. The summed E-state index contributed by atoms with van der Waals surface area (Å²) in [6.07, 6.45) is 3.93. The highest BCUT2D eigenvalue weighted by molar-refractivity contribution is 5.80. The highest BCUT2D eigenvalue weighted by Crippen LogP contribution is 2.43. The van der Waals surface area contributed by atoms with Gasteiger partial charge in [-0.05, 0) is 26.7 Å². The van der Waals surface area contributed by atoms with Crippen molar-refractivity contribution in [1.82, 2.24) is 0 Å². The number of ether oxygens (including phenoxy) is 2. The number of hydrogen-bond donors (Lipinski definition) is 0. The lowest BCUT2D eigenvalue weighted by atomic mass is 10.1. The van der Waals surface area contributed by atoms with Crippen LogP contribution in [0.5, 0.6) is 0 Å². The van der Waals surface area contributed by atoms with Crippen LogP contribution in [0.1, 0.15) is 39.5 Å². The van der Waals surface area contributed by atoms with Crippen molar-refractivity contribution in [1.29, 1.82) is 0 Å². The van der Waals surface area contributed by atoms with Gasteiger partial charge in [0.2, 0.25) is 5.79 Å². The molecule has 0 radical (unpaired) electrons. The summed E-state index contributed by atoms with van der Waals surface area (Å²) in [7, 11) is 0. The average molecular weight is 170 g/mol. The molecule has 2 rings (SSSR count). The van der Waals surface area contributed by atoms with Crippen molar-refractivity contribution in [2.24, 2.45) is 0 Å². The SMILES string of the molecule is CC1(C)OC2(CCCC2)OC1=O. The van der Waals surface area contributed by atoms with Crippen LogP contribution in [-0.4, -0.2) is 17.4 Å². The van der Waals surface area contributed by atoms with Crippen LogP contribution in [0.4, 0.5) is 0 Å². The molecule has 1 spiro atoms. The average Bonchev–Trinajstić information content (AvgIpc) is 2.42. The molecule has 0 bridgehead atoms. The topological polar surface area (TPSA) is 35.5 Å². The van der Waals surface area contributed by atoms with Gasteiger partial charge in [0.25, 0.3) is 0 Å². The maximum absolute atomic E-state index is 11.3. The van der Waals surface area contributed by atoms with Gasteiger partial charge in [-0.1, -0.05) is 0 Å². The third-order valence-corrected chi connectivity index (χ3v) is 2.58. The lowest BCUT2D eigenvalue weighted by molar-refractivity contribution is -0.179. The molecule has 0 unspecified atom stereocenters. The molecular weight excluding hydrogens is 156 g/mol. The Labute approximate surface area is 72.0 Å². The van der Waals surface area contributed by atoms with Crippen LogP contribution in [0.15, 0.2) is 0 Å². The Morgan fingerprint density at radius 3 is 2.25 bits per heavy atom. The summed E-state index contributed by atoms with van der Waals surface area (Å²) >= 11 is 0. The third-order valence-electron chi connectivity index (χ3n) is 2.58. The smallest absolute Gasteiger partial charge is 0.340 e.